The molecule has 2 rings (SSSR count). The molecular formula is C12H10BrNO2. The Morgan fingerprint density at radius 1 is 1.44 bits per heavy atom. The summed E-state index contributed by atoms with van der Waals surface area (Å²) in [6.45, 7) is 1.51. The van der Waals surface area contributed by atoms with E-state index >= 15 is 0 Å². The molecule has 82 valence electrons. The number of Topliss-reactive ketones (excluding diaryl/α,β-unsaturated/α-hetero) is 1. The molecule has 0 spiro atoms. The molecule has 1 heterocycles. The highest BCUT2D eigenvalue weighted by Crippen LogP contribution is 2.21. The number of hydrogen-bond acceptors (Lipinski definition) is 3. The minimum Gasteiger partial charge on any atom is -0.360 e. The molecule has 0 saturated heterocycles. The first-order valence-corrected chi connectivity index (χ1v) is 5.65. The largest absolute Gasteiger partial charge is 0.360 e. The summed E-state index contributed by atoms with van der Waals surface area (Å²) in [7, 11) is 0. The molecule has 0 aliphatic heterocycles. The molecule has 0 aliphatic rings. The van der Waals surface area contributed by atoms with Gasteiger partial charge < -0.3 is 4.52 Å². The maximum Gasteiger partial charge on any atom is 0.165 e. The maximum absolute atomic E-state index is 11.3. The number of benzene rings is 1. The van der Waals surface area contributed by atoms with E-state index in [0.29, 0.717) is 17.7 Å². The Kier molecular flexibility index (Phi) is 3.19. The lowest BCUT2D eigenvalue weighted by Crippen LogP contribution is -1.97. The zero-order valence-electron chi connectivity index (χ0n) is 8.74. The van der Waals surface area contributed by atoms with Crippen molar-refractivity contribution in [2.24, 2.45) is 0 Å². The first kappa shape index (κ1) is 11.1. The Hall–Kier alpha value is -1.42. The van der Waals surface area contributed by atoms with E-state index in [1.165, 1.54) is 13.1 Å². The average molecular weight is 280 g/mol. The van der Waals surface area contributed by atoms with Gasteiger partial charge in [-0.3, -0.25) is 4.79 Å². The first-order chi connectivity index (χ1) is 7.68. The van der Waals surface area contributed by atoms with Gasteiger partial charge in [0.2, 0.25) is 0 Å². The molecule has 0 unspecified atom stereocenters. The van der Waals surface area contributed by atoms with E-state index in [1.807, 2.05) is 24.3 Å². The second-order valence-electron chi connectivity index (χ2n) is 3.49. The molecule has 3 nitrogen and oxygen atoms in total. The lowest BCUT2D eigenvalue weighted by Gasteiger charge is -2.01. The molecule has 0 radical (unpaired) electrons. The maximum atomic E-state index is 11.3. The monoisotopic (exact) mass is 279 g/mol. The lowest BCUT2D eigenvalue weighted by molar-refractivity contribution is 0.101. The fourth-order valence-electron chi connectivity index (χ4n) is 1.49. The van der Waals surface area contributed by atoms with Gasteiger partial charge in [0.05, 0.1) is 11.8 Å². The molecule has 0 bridgehead atoms. The van der Waals surface area contributed by atoms with Crippen LogP contribution in [0.5, 0.6) is 0 Å². The highest BCUT2D eigenvalue weighted by Gasteiger charge is 2.13. The molecule has 4 heteroatoms. The van der Waals surface area contributed by atoms with Crippen LogP contribution in [0.15, 0.2) is 39.5 Å². The predicted octanol–water partition coefficient (Wildman–Crippen LogP) is 3.23. The smallest absolute Gasteiger partial charge is 0.165 e. The Morgan fingerprint density at radius 3 is 2.88 bits per heavy atom. The van der Waals surface area contributed by atoms with E-state index in [2.05, 4.69) is 21.1 Å². The summed E-state index contributed by atoms with van der Waals surface area (Å²) in [5, 5.41) is 3.66. The van der Waals surface area contributed by atoms with Gasteiger partial charge in [0.1, 0.15) is 0 Å². The van der Waals surface area contributed by atoms with Crippen molar-refractivity contribution >= 4 is 21.7 Å². The van der Waals surface area contributed by atoms with Crippen molar-refractivity contribution in [3.05, 3.63) is 51.8 Å². The zero-order valence-corrected chi connectivity index (χ0v) is 10.3. The van der Waals surface area contributed by atoms with E-state index in [-0.39, 0.29) is 5.78 Å². The fourth-order valence-corrected chi connectivity index (χ4v) is 1.92. The Bertz CT molecular complexity index is 519. The van der Waals surface area contributed by atoms with Crippen LogP contribution >= 0.6 is 15.9 Å². The van der Waals surface area contributed by atoms with Crippen LogP contribution in [-0.2, 0) is 6.42 Å². The number of carbonyl (C=O) groups excluding carboxylic acids is 1. The highest BCUT2D eigenvalue weighted by atomic mass is 79.9. The Balaban J connectivity index is 2.31. The number of ketones is 1. The molecule has 0 fully saturated rings. The third kappa shape index (κ3) is 2.22. The van der Waals surface area contributed by atoms with Crippen molar-refractivity contribution in [2.75, 3.05) is 0 Å². The quantitative estimate of drug-likeness (QED) is 0.811. The molecule has 0 atom stereocenters. The van der Waals surface area contributed by atoms with Gasteiger partial charge in [0, 0.05) is 10.9 Å². The molecule has 0 N–H and O–H groups in total. The molecule has 1 aromatic carbocycles. The summed E-state index contributed by atoms with van der Waals surface area (Å²) in [5.41, 5.74) is 1.62. The van der Waals surface area contributed by atoms with E-state index in [9.17, 15) is 4.79 Å². The van der Waals surface area contributed by atoms with Crippen LogP contribution < -0.4 is 0 Å². The van der Waals surface area contributed by atoms with Crippen molar-refractivity contribution in [3.8, 4) is 0 Å². The molecule has 2 aromatic rings. The van der Waals surface area contributed by atoms with Gasteiger partial charge in [-0.25, -0.2) is 0 Å². The van der Waals surface area contributed by atoms with E-state index < -0.39 is 0 Å². The Morgan fingerprint density at radius 2 is 2.19 bits per heavy atom. The SMILES string of the molecule is CC(=O)c1cnoc1Cc1ccccc1Br. The van der Waals surface area contributed by atoms with Gasteiger partial charge >= 0.3 is 0 Å². The van der Waals surface area contributed by atoms with Gasteiger partial charge in [-0.05, 0) is 18.6 Å². The second-order valence-corrected chi connectivity index (χ2v) is 4.34. The van der Waals surface area contributed by atoms with Crippen LogP contribution in [0.3, 0.4) is 0 Å². The second kappa shape index (κ2) is 4.61. The molecular weight excluding hydrogens is 270 g/mol. The number of hydrogen-bond donors (Lipinski definition) is 0. The van der Waals surface area contributed by atoms with Crippen LogP contribution in [0.25, 0.3) is 0 Å². The minimum atomic E-state index is -0.0247. The van der Waals surface area contributed by atoms with Crippen molar-refractivity contribution in [1.29, 1.82) is 0 Å². The van der Waals surface area contributed by atoms with Gasteiger partial charge in [0.25, 0.3) is 0 Å². The topological polar surface area (TPSA) is 43.1 Å². The van der Waals surface area contributed by atoms with Crippen LogP contribution in [0, 0.1) is 0 Å². The van der Waals surface area contributed by atoms with Gasteiger partial charge in [0.15, 0.2) is 11.5 Å². The number of aromatic nitrogens is 1. The van der Waals surface area contributed by atoms with Crippen molar-refractivity contribution in [3.63, 3.8) is 0 Å². The van der Waals surface area contributed by atoms with Crippen molar-refractivity contribution in [1.82, 2.24) is 5.16 Å². The van der Waals surface area contributed by atoms with Gasteiger partial charge in [-0.1, -0.05) is 39.3 Å². The molecule has 1 aromatic heterocycles. The summed E-state index contributed by atoms with van der Waals surface area (Å²) in [4.78, 5) is 11.3. The van der Waals surface area contributed by atoms with Crippen LogP contribution in [0.1, 0.15) is 28.6 Å². The van der Waals surface area contributed by atoms with E-state index in [1.54, 1.807) is 0 Å². The summed E-state index contributed by atoms with van der Waals surface area (Å²) in [6.07, 6.45) is 2.03. The van der Waals surface area contributed by atoms with Crippen molar-refractivity contribution < 1.29 is 9.32 Å². The summed E-state index contributed by atoms with van der Waals surface area (Å²) in [5.74, 6) is 0.586. The normalized spacial score (nSPS) is 10.4. The third-order valence-corrected chi connectivity index (χ3v) is 3.11. The van der Waals surface area contributed by atoms with Gasteiger partial charge in [-0.2, -0.15) is 0 Å². The molecule has 0 saturated carbocycles. The van der Waals surface area contributed by atoms with Gasteiger partial charge in [-0.15, -0.1) is 0 Å². The van der Waals surface area contributed by atoms with Crippen LogP contribution in [0.2, 0.25) is 0 Å². The number of halogens is 1. The standard InChI is InChI=1S/C12H10BrNO2/c1-8(15)10-7-14-16-12(10)6-9-4-2-3-5-11(9)13/h2-5,7H,6H2,1H3. The van der Waals surface area contributed by atoms with E-state index in [4.69, 9.17) is 4.52 Å². The molecule has 0 amide bonds. The Labute approximate surface area is 102 Å². The minimum absolute atomic E-state index is 0.0247. The lowest BCUT2D eigenvalue weighted by atomic mass is 10.1. The predicted molar refractivity (Wildman–Crippen MR) is 63.5 cm³/mol. The fraction of sp³-hybridized carbons (Fsp3) is 0.167. The first-order valence-electron chi connectivity index (χ1n) is 4.86. The number of nitrogens with zero attached hydrogens (tertiary/aromatic N) is 1. The van der Waals surface area contributed by atoms with Crippen LogP contribution in [0.4, 0.5) is 0 Å². The summed E-state index contributed by atoms with van der Waals surface area (Å²) in [6, 6.07) is 7.83. The summed E-state index contributed by atoms with van der Waals surface area (Å²) >= 11 is 3.46. The highest BCUT2D eigenvalue weighted by molar-refractivity contribution is 9.10. The third-order valence-electron chi connectivity index (χ3n) is 2.33. The number of carbonyl (C=O) groups is 1. The van der Waals surface area contributed by atoms with Crippen LogP contribution in [-0.4, -0.2) is 10.9 Å². The average Bonchev–Trinajstić information content (AvgIpc) is 2.69. The number of rotatable bonds is 3. The molecule has 16 heavy (non-hydrogen) atoms. The van der Waals surface area contributed by atoms with E-state index in [0.717, 1.165) is 10.0 Å². The van der Waals surface area contributed by atoms with Crippen molar-refractivity contribution in [2.45, 2.75) is 13.3 Å². The zero-order chi connectivity index (χ0) is 11.5. The molecule has 0 aliphatic carbocycles. The summed E-state index contributed by atoms with van der Waals surface area (Å²) < 4.78 is 6.09.